The van der Waals surface area contributed by atoms with Crippen LogP contribution in [0.25, 0.3) is 0 Å². The third-order valence-electron chi connectivity index (χ3n) is 3.07. The molecule has 0 aromatic rings. The summed E-state index contributed by atoms with van der Waals surface area (Å²) in [4.78, 5) is 0. The van der Waals surface area contributed by atoms with E-state index >= 15 is 0 Å². The third-order valence-corrected chi connectivity index (χ3v) is 3.71. The van der Waals surface area contributed by atoms with Gasteiger partial charge in [0.15, 0.2) is 0 Å². The van der Waals surface area contributed by atoms with Crippen molar-refractivity contribution in [1.82, 2.24) is 0 Å². The van der Waals surface area contributed by atoms with Crippen LogP contribution in [0.5, 0.6) is 0 Å². The number of ether oxygens (including phenoxy) is 1. The molecule has 0 N–H and O–H groups in total. The van der Waals surface area contributed by atoms with E-state index in [9.17, 15) is 0 Å². The predicted octanol–water partition coefficient (Wildman–Crippen LogP) is 3.32. The first-order chi connectivity index (χ1) is 7.02. The average molecular weight is 230 g/mol. The van der Waals surface area contributed by atoms with Crippen LogP contribution >= 0.6 is 0 Å². The van der Waals surface area contributed by atoms with Crippen molar-refractivity contribution in [3.05, 3.63) is 0 Å². The van der Waals surface area contributed by atoms with Crippen molar-refractivity contribution in [2.75, 3.05) is 7.11 Å². The summed E-state index contributed by atoms with van der Waals surface area (Å²) in [6, 6.07) is 0. The van der Waals surface area contributed by atoms with Crippen molar-refractivity contribution in [3.8, 4) is 0 Å². The van der Waals surface area contributed by atoms with Gasteiger partial charge in [0.1, 0.15) is 0 Å². The van der Waals surface area contributed by atoms with Gasteiger partial charge < -0.3 is 4.74 Å². The van der Waals surface area contributed by atoms with Gasteiger partial charge in [0.05, 0.1) is 6.10 Å². The zero-order valence-electron chi connectivity index (χ0n) is 11.4. The van der Waals surface area contributed by atoms with Crippen LogP contribution in [0, 0.1) is 0 Å². The molecule has 0 spiro atoms. The first-order valence-corrected chi connectivity index (χ1v) is 7.55. The van der Waals surface area contributed by atoms with Crippen molar-refractivity contribution in [1.29, 1.82) is 0 Å². The number of hydrogen-bond acceptors (Lipinski definition) is 1. The smallest absolute Gasteiger partial charge is 0.0589 e. The summed E-state index contributed by atoms with van der Waals surface area (Å²) in [5.74, 6) is 0. The SMILES string of the molecule is CCCCCCCCC(OC)C(C)(C)[SiH3]. The molecule has 15 heavy (non-hydrogen) atoms. The fraction of sp³-hybridized carbons (Fsp3) is 1.00. The van der Waals surface area contributed by atoms with E-state index in [-0.39, 0.29) is 0 Å². The Morgan fingerprint density at radius 1 is 1.07 bits per heavy atom. The van der Waals surface area contributed by atoms with Gasteiger partial charge in [-0.2, -0.15) is 0 Å². The van der Waals surface area contributed by atoms with Crippen molar-refractivity contribution in [2.45, 2.75) is 76.9 Å². The van der Waals surface area contributed by atoms with Gasteiger partial charge in [0, 0.05) is 17.4 Å². The highest BCUT2D eigenvalue weighted by Gasteiger charge is 2.23. The molecule has 0 radical (unpaired) electrons. The van der Waals surface area contributed by atoms with Gasteiger partial charge in [0.25, 0.3) is 0 Å². The lowest BCUT2D eigenvalue weighted by molar-refractivity contribution is 0.0632. The largest absolute Gasteiger partial charge is 0.381 e. The fourth-order valence-electron chi connectivity index (χ4n) is 2.01. The fourth-order valence-corrected chi connectivity index (χ4v) is 2.54. The normalized spacial score (nSPS) is 14.4. The molecular weight excluding hydrogens is 200 g/mol. The molecule has 0 aromatic carbocycles. The molecule has 2 heteroatoms. The number of unbranched alkanes of at least 4 members (excludes halogenated alkanes) is 5. The minimum Gasteiger partial charge on any atom is -0.381 e. The van der Waals surface area contributed by atoms with E-state index in [0.29, 0.717) is 11.1 Å². The van der Waals surface area contributed by atoms with Gasteiger partial charge in [-0.25, -0.2) is 0 Å². The van der Waals surface area contributed by atoms with E-state index in [0.717, 1.165) is 0 Å². The molecule has 0 aliphatic carbocycles. The molecular formula is C13H30OSi. The van der Waals surface area contributed by atoms with Crippen molar-refractivity contribution < 1.29 is 4.74 Å². The Morgan fingerprint density at radius 3 is 2.07 bits per heavy atom. The Kier molecular flexibility index (Phi) is 8.44. The summed E-state index contributed by atoms with van der Waals surface area (Å²) in [6.45, 7) is 6.92. The van der Waals surface area contributed by atoms with Crippen LogP contribution in [-0.2, 0) is 4.74 Å². The Balaban J connectivity index is 3.48. The predicted molar refractivity (Wildman–Crippen MR) is 72.8 cm³/mol. The molecule has 0 saturated carbocycles. The van der Waals surface area contributed by atoms with Gasteiger partial charge in [0.2, 0.25) is 0 Å². The molecule has 1 nitrogen and oxygen atoms in total. The van der Waals surface area contributed by atoms with Gasteiger partial charge in [-0.05, 0) is 11.5 Å². The van der Waals surface area contributed by atoms with Crippen LogP contribution in [0.2, 0.25) is 5.04 Å². The standard InChI is InChI=1S/C13H30OSi/c1-5-6-7-8-9-10-11-12(14-4)13(2,3)15/h12H,5-11H2,1-4,15H3. The summed E-state index contributed by atoms with van der Waals surface area (Å²) in [5.41, 5.74) is 0. The molecule has 0 amide bonds. The second-order valence-corrected chi connectivity index (χ2v) is 8.22. The molecule has 0 aliphatic heterocycles. The molecule has 1 atom stereocenters. The van der Waals surface area contributed by atoms with E-state index in [1.165, 1.54) is 55.2 Å². The van der Waals surface area contributed by atoms with E-state index in [2.05, 4.69) is 20.8 Å². The topological polar surface area (TPSA) is 9.23 Å². The maximum Gasteiger partial charge on any atom is 0.0589 e. The van der Waals surface area contributed by atoms with Gasteiger partial charge in [-0.3, -0.25) is 0 Å². The maximum absolute atomic E-state index is 5.58. The second-order valence-electron chi connectivity index (χ2n) is 5.65. The maximum atomic E-state index is 5.58. The first kappa shape index (κ1) is 15.2. The molecule has 0 aromatic heterocycles. The van der Waals surface area contributed by atoms with Gasteiger partial charge in [-0.15, -0.1) is 0 Å². The molecule has 1 unspecified atom stereocenters. The Labute approximate surface area is 99.4 Å². The summed E-state index contributed by atoms with van der Waals surface area (Å²) < 4.78 is 5.58. The zero-order valence-corrected chi connectivity index (χ0v) is 13.4. The van der Waals surface area contributed by atoms with Crippen LogP contribution in [-0.4, -0.2) is 23.5 Å². The monoisotopic (exact) mass is 230 g/mol. The van der Waals surface area contributed by atoms with Crippen molar-refractivity contribution in [2.24, 2.45) is 0 Å². The summed E-state index contributed by atoms with van der Waals surface area (Å²) in [7, 11) is 3.08. The molecule has 0 fully saturated rings. The van der Waals surface area contributed by atoms with Crippen LogP contribution in [0.15, 0.2) is 0 Å². The minimum absolute atomic E-state index is 0.429. The van der Waals surface area contributed by atoms with E-state index < -0.39 is 0 Å². The summed E-state index contributed by atoms with van der Waals surface area (Å²) in [5, 5.41) is 0.429. The lowest BCUT2D eigenvalue weighted by Crippen LogP contribution is -2.25. The minimum atomic E-state index is 0.429. The number of hydrogen-bond donors (Lipinski definition) is 0. The third kappa shape index (κ3) is 8.03. The highest BCUT2D eigenvalue weighted by molar-refractivity contribution is 6.15. The van der Waals surface area contributed by atoms with Crippen molar-refractivity contribution in [3.63, 3.8) is 0 Å². The van der Waals surface area contributed by atoms with E-state index in [4.69, 9.17) is 4.74 Å². The Morgan fingerprint density at radius 2 is 1.60 bits per heavy atom. The van der Waals surface area contributed by atoms with Crippen molar-refractivity contribution >= 4 is 10.2 Å². The van der Waals surface area contributed by atoms with Crippen LogP contribution in [0.3, 0.4) is 0 Å². The summed E-state index contributed by atoms with van der Waals surface area (Å²) in [6.07, 6.45) is 10.0. The average Bonchev–Trinajstić information content (AvgIpc) is 2.15. The highest BCUT2D eigenvalue weighted by atomic mass is 28.1. The van der Waals surface area contributed by atoms with Crippen LogP contribution in [0.1, 0.15) is 65.7 Å². The van der Waals surface area contributed by atoms with Crippen LogP contribution < -0.4 is 0 Å². The number of methoxy groups -OCH3 is 1. The quantitative estimate of drug-likeness (QED) is 0.436. The zero-order chi connectivity index (χ0) is 11.7. The van der Waals surface area contributed by atoms with E-state index in [1.807, 2.05) is 7.11 Å². The second kappa shape index (κ2) is 8.34. The van der Waals surface area contributed by atoms with Gasteiger partial charge >= 0.3 is 0 Å². The molecule has 0 saturated heterocycles. The molecule has 0 rings (SSSR count). The van der Waals surface area contributed by atoms with E-state index in [1.54, 1.807) is 0 Å². The summed E-state index contributed by atoms with van der Waals surface area (Å²) >= 11 is 0. The molecule has 0 aliphatic rings. The lowest BCUT2D eigenvalue weighted by Gasteiger charge is -2.29. The highest BCUT2D eigenvalue weighted by Crippen LogP contribution is 2.30. The van der Waals surface area contributed by atoms with Gasteiger partial charge in [-0.1, -0.05) is 59.3 Å². The van der Waals surface area contributed by atoms with Crippen LogP contribution in [0.4, 0.5) is 0 Å². The first-order valence-electron chi connectivity index (χ1n) is 6.55. The molecule has 0 bridgehead atoms. The molecule has 0 heterocycles. The Bertz CT molecular complexity index is 140. The number of rotatable bonds is 9. The molecule has 92 valence electrons. The lowest BCUT2D eigenvalue weighted by atomic mass is 9.99. The Hall–Kier alpha value is 0.177.